The van der Waals surface area contributed by atoms with E-state index in [-0.39, 0.29) is 11.8 Å². The summed E-state index contributed by atoms with van der Waals surface area (Å²) in [4.78, 5) is 26.4. The Balaban J connectivity index is 1.35. The van der Waals surface area contributed by atoms with Crippen LogP contribution in [0.25, 0.3) is 11.1 Å². The zero-order valence-corrected chi connectivity index (χ0v) is 20.2. The van der Waals surface area contributed by atoms with Gasteiger partial charge in [0.1, 0.15) is 11.3 Å². The highest BCUT2D eigenvalue weighted by Gasteiger charge is 2.40. The highest BCUT2D eigenvalue weighted by Crippen LogP contribution is 2.29. The molecule has 6 nitrogen and oxygen atoms in total. The second-order valence-corrected chi connectivity index (χ2v) is 8.95. The Bertz CT molecular complexity index is 1110. The monoisotopic (exact) mass is 471 g/mol. The Morgan fingerprint density at radius 1 is 0.800 bits per heavy atom. The van der Waals surface area contributed by atoms with Crippen LogP contribution in [0.4, 0.5) is 5.69 Å². The molecule has 0 atom stereocenters. The lowest BCUT2D eigenvalue weighted by molar-refractivity contribution is -0.128. The van der Waals surface area contributed by atoms with E-state index in [4.69, 9.17) is 4.74 Å². The fourth-order valence-electron chi connectivity index (χ4n) is 4.56. The predicted octanol–water partition coefficient (Wildman–Crippen LogP) is 5.02. The van der Waals surface area contributed by atoms with E-state index in [1.807, 2.05) is 78.9 Å². The van der Waals surface area contributed by atoms with E-state index in [9.17, 15) is 9.59 Å². The average Bonchev–Trinajstić information content (AvgIpc) is 2.92. The fourth-order valence-corrected chi connectivity index (χ4v) is 4.56. The van der Waals surface area contributed by atoms with Gasteiger partial charge in [0.25, 0.3) is 5.91 Å². The molecule has 1 fully saturated rings. The summed E-state index contributed by atoms with van der Waals surface area (Å²) >= 11 is 0. The van der Waals surface area contributed by atoms with Gasteiger partial charge in [0.2, 0.25) is 5.91 Å². The van der Waals surface area contributed by atoms with Crippen LogP contribution < -0.4 is 20.7 Å². The number of rotatable bonds is 9. The summed E-state index contributed by atoms with van der Waals surface area (Å²) in [5.41, 5.74) is 2.80. The maximum atomic E-state index is 13.3. The Hall–Kier alpha value is -3.80. The lowest BCUT2D eigenvalue weighted by Gasteiger charge is -2.36. The summed E-state index contributed by atoms with van der Waals surface area (Å²) in [6.45, 7) is 1.05. The smallest absolute Gasteiger partial charge is 0.252 e. The van der Waals surface area contributed by atoms with Crippen molar-refractivity contribution in [1.82, 2.24) is 10.6 Å². The van der Waals surface area contributed by atoms with E-state index in [1.54, 1.807) is 7.11 Å². The largest absolute Gasteiger partial charge is 0.497 e. The van der Waals surface area contributed by atoms with Crippen LogP contribution in [0.1, 0.15) is 42.5 Å². The van der Waals surface area contributed by atoms with Crippen LogP contribution in [0.2, 0.25) is 0 Å². The molecule has 0 unspecified atom stereocenters. The molecule has 2 amide bonds. The molecule has 3 aromatic carbocycles. The maximum absolute atomic E-state index is 13.3. The van der Waals surface area contributed by atoms with Crippen LogP contribution in [0, 0.1) is 0 Å². The molecular weight excluding hydrogens is 438 g/mol. The van der Waals surface area contributed by atoms with Crippen molar-refractivity contribution in [1.29, 1.82) is 0 Å². The topological polar surface area (TPSA) is 79.5 Å². The van der Waals surface area contributed by atoms with Crippen molar-refractivity contribution in [2.75, 3.05) is 25.5 Å². The summed E-state index contributed by atoms with van der Waals surface area (Å²) in [6.07, 6.45) is 4.22. The molecule has 1 aliphatic rings. The van der Waals surface area contributed by atoms with Crippen LogP contribution in [0.15, 0.2) is 78.9 Å². The molecule has 0 saturated heterocycles. The normalized spacial score (nSPS) is 14.5. The van der Waals surface area contributed by atoms with Crippen LogP contribution in [0.3, 0.4) is 0 Å². The van der Waals surface area contributed by atoms with E-state index >= 15 is 0 Å². The molecule has 0 aliphatic heterocycles. The predicted molar refractivity (Wildman–Crippen MR) is 140 cm³/mol. The summed E-state index contributed by atoms with van der Waals surface area (Å²) in [5.74, 6) is 0.481. The molecule has 0 bridgehead atoms. The summed E-state index contributed by atoms with van der Waals surface area (Å²) < 4.78 is 5.17. The first-order valence-corrected chi connectivity index (χ1v) is 12.2. The molecular formula is C29H33N3O3. The number of anilines is 1. The number of methoxy groups -OCH3 is 1. The van der Waals surface area contributed by atoms with Crippen LogP contribution in [-0.4, -0.2) is 37.6 Å². The number of carbonyl (C=O) groups excluding carboxylic acids is 2. The van der Waals surface area contributed by atoms with Gasteiger partial charge < -0.3 is 20.7 Å². The highest BCUT2D eigenvalue weighted by atomic mass is 16.5. The third kappa shape index (κ3) is 6.21. The molecule has 3 aromatic rings. The Morgan fingerprint density at radius 3 is 2.11 bits per heavy atom. The Morgan fingerprint density at radius 2 is 1.46 bits per heavy atom. The van der Waals surface area contributed by atoms with Gasteiger partial charge in [0.05, 0.1) is 7.11 Å². The highest BCUT2D eigenvalue weighted by molar-refractivity contribution is 5.99. The van der Waals surface area contributed by atoms with E-state index in [0.717, 1.165) is 41.8 Å². The van der Waals surface area contributed by atoms with E-state index < -0.39 is 5.54 Å². The number of amides is 2. The van der Waals surface area contributed by atoms with E-state index in [0.29, 0.717) is 31.5 Å². The van der Waals surface area contributed by atoms with Gasteiger partial charge in [0.15, 0.2) is 0 Å². The number of hydrogen-bond donors (Lipinski definition) is 3. The summed E-state index contributed by atoms with van der Waals surface area (Å²) in [6, 6.07) is 25.2. The Kier molecular flexibility index (Phi) is 8.03. The minimum absolute atomic E-state index is 0.108. The molecule has 0 radical (unpaired) electrons. The molecule has 6 heteroatoms. The number of nitrogens with one attached hydrogen (secondary N) is 3. The van der Waals surface area contributed by atoms with Gasteiger partial charge in [-0.15, -0.1) is 0 Å². The van der Waals surface area contributed by atoms with Crippen molar-refractivity contribution >= 4 is 17.5 Å². The minimum atomic E-state index is -0.868. The number of benzene rings is 3. The lowest BCUT2D eigenvalue weighted by Crippen LogP contribution is -2.60. The molecule has 3 N–H and O–H groups in total. The van der Waals surface area contributed by atoms with Crippen LogP contribution in [0.5, 0.6) is 5.75 Å². The maximum Gasteiger partial charge on any atom is 0.252 e. The first kappa shape index (κ1) is 24.3. The van der Waals surface area contributed by atoms with E-state index in [2.05, 4.69) is 16.0 Å². The van der Waals surface area contributed by atoms with Crippen LogP contribution >= 0.6 is 0 Å². The lowest BCUT2D eigenvalue weighted by atomic mass is 9.80. The van der Waals surface area contributed by atoms with Crippen molar-refractivity contribution in [3.05, 3.63) is 84.4 Å². The molecule has 35 heavy (non-hydrogen) atoms. The summed E-state index contributed by atoms with van der Waals surface area (Å²) in [5, 5.41) is 9.42. The van der Waals surface area contributed by atoms with Crippen molar-refractivity contribution in [2.45, 2.75) is 37.6 Å². The molecule has 0 spiro atoms. The third-order valence-electron chi connectivity index (χ3n) is 6.58. The van der Waals surface area contributed by atoms with Gasteiger partial charge in [-0.3, -0.25) is 9.59 Å². The van der Waals surface area contributed by atoms with Gasteiger partial charge in [-0.25, -0.2) is 0 Å². The van der Waals surface area contributed by atoms with Gasteiger partial charge in [-0.05, 0) is 60.4 Å². The van der Waals surface area contributed by atoms with E-state index in [1.165, 1.54) is 0 Å². The molecule has 182 valence electrons. The second-order valence-electron chi connectivity index (χ2n) is 8.95. The zero-order chi connectivity index (χ0) is 24.5. The first-order chi connectivity index (χ1) is 17.1. The molecule has 1 saturated carbocycles. The molecule has 0 heterocycles. The van der Waals surface area contributed by atoms with Crippen LogP contribution in [-0.2, 0) is 4.79 Å². The van der Waals surface area contributed by atoms with Crippen molar-refractivity contribution in [2.24, 2.45) is 0 Å². The van der Waals surface area contributed by atoms with Gasteiger partial charge >= 0.3 is 0 Å². The van der Waals surface area contributed by atoms with Crippen molar-refractivity contribution < 1.29 is 14.3 Å². The standard InChI is InChI=1S/C29H33N3O3/c1-35-26-16-14-25(15-17-26)30-20-21-31-28(34)29(18-6-3-7-19-29)32-27(33)24-12-10-23(11-13-24)22-8-4-2-5-9-22/h2,4-5,8-17,30H,3,6-7,18-21H2,1H3,(H,31,34)(H,32,33). The first-order valence-electron chi connectivity index (χ1n) is 12.2. The number of ether oxygens (including phenoxy) is 1. The Labute approximate surface area is 207 Å². The second kappa shape index (κ2) is 11.6. The average molecular weight is 472 g/mol. The molecule has 1 aliphatic carbocycles. The van der Waals surface area contributed by atoms with Crippen molar-refractivity contribution in [3.63, 3.8) is 0 Å². The van der Waals surface area contributed by atoms with Gasteiger partial charge in [0, 0.05) is 24.3 Å². The number of carbonyl (C=O) groups is 2. The minimum Gasteiger partial charge on any atom is -0.497 e. The third-order valence-corrected chi connectivity index (χ3v) is 6.58. The fraction of sp³-hybridized carbons (Fsp3) is 0.310. The van der Waals surface area contributed by atoms with Gasteiger partial charge in [-0.1, -0.05) is 61.7 Å². The van der Waals surface area contributed by atoms with Gasteiger partial charge in [-0.2, -0.15) is 0 Å². The quantitative estimate of drug-likeness (QED) is 0.383. The number of hydrogen-bond acceptors (Lipinski definition) is 4. The molecule has 4 rings (SSSR count). The summed E-state index contributed by atoms with van der Waals surface area (Å²) in [7, 11) is 1.64. The zero-order valence-electron chi connectivity index (χ0n) is 20.2. The van der Waals surface area contributed by atoms with Crippen molar-refractivity contribution in [3.8, 4) is 16.9 Å². The SMILES string of the molecule is COc1ccc(NCCNC(=O)C2(NC(=O)c3ccc(-c4ccccc4)cc3)CCCCC2)cc1. The molecule has 0 aromatic heterocycles.